The molecule has 0 amide bonds. The summed E-state index contributed by atoms with van der Waals surface area (Å²) in [6.45, 7) is 28.5. The summed E-state index contributed by atoms with van der Waals surface area (Å²) in [5.41, 5.74) is 0. The van der Waals surface area contributed by atoms with Crippen molar-refractivity contribution in [3.05, 3.63) is 0 Å². The molecule has 1 nitrogen and oxygen atoms in total. The first-order valence-corrected chi connectivity index (χ1v) is 23.4. The van der Waals surface area contributed by atoms with Crippen molar-refractivity contribution in [1.82, 2.24) is 0 Å². The topological polar surface area (TPSA) is 31.5 Å². The molecule has 0 spiro atoms. The predicted octanol–water partition coefficient (Wildman–Crippen LogP) is 10.4. The normalized spacial score (nSPS) is 12.0. The second-order valence-electron chi connectivity index (χ2n) is 13.1. The van der Waals surface area contributed by atoms with Gasteiger partial charge < -0.3 is 5.48 Å². The van der Waals surface area contributed by atoms with E-state index in [2.05, 4.69) is 83.1 Å². The molecule has 202 valence electrons. The molecule has 0 aromatic carbocycles. The van der Waals surface area contributed by atoms with Crippen LogP contribution in [0.2, 0.25) is 31.5 Å². The van der Waals surface area contributed by atoms with Gasteiger partial charge in [-0.25, -0.2) is 0 Å². The van der Waals surface area contributed by atoms with Crippen LogP contribution in [0.1, 0.15) is 122 Å². The quantitative estimate of drug-likeness (QED) is 0.142. The summed E-state index contributed by atoms with van der Waals surface area (Å²) < 4.78 is 0. The van der Waals surface area contributed by atoms with Gasteiger partial charge in [0.25, 0.3) is 0 Å². The van der Waals surface area contributed by atoms with Crippen LogP contribution < -0.4 is 0 Å². The van der Waals surface area contributed by atoms with Gasteiger partial charge in [-0.1, -0.05) is 0 Å². The van der Waals surface area contributed by atoms with Gasteiger partial charge in [0.1, 0.15) is 0 Å². The van der Waals surface area contributed by atoms with E-state index in [0.717, 1.165) is 35.5 Å². The Morgan fingerprint density at radius 3 is 0.515 bits per heavy atom. The monoisotopic (exact) mass is 592 g/mol. The van der Waals surface area contributed by atoms with E-state index in [1.807, 2.05) is 0 Å². The summed E-state index contributed by atoms with van der Waals surface area (Å²) in [6.07, 6.45) is 8.95. The first kappa shape index (κ1) is 38.6. The van der Waals surface area contributed by atoms with Crippen molar-refractivity contribution in [1.29, 1.82) is 0 Å². The van der Waals surface area contributed by atoms with Crippen molar-refractivity contribution < 1.29 is 5.48 Å². The minimum Gasteiger partial charge on any atom is -0.412 e. The van der Waals surface area contributed by atoms with Crippen molar-refractivity contribution in [2.24, 2.45) is 35.5 Å². The first-order valence-electron chi connectivity index (χ1n) is 14.5. The summed E-state index contributed by atoms with van der Waals surface area (Å²) in [5.74, 6) is 5.50. The van der Waals surface area contributed by atoms with E-state index >= 15 is 0 Å². The third-order valence-electron chi connectivity index (χ3n) is 6.45. The van der Waals surface area contributed by atoms with Crippen LogP contribution in [0.25, 0.3) is 0 Å². The molecular weight excluding hydrogens is 522 g/mol. The third-order valence-corrected chi connectivity index (χ3v) is 19.0. The molecule has 0 aliphatic heterocycles. The van der Waals surface area contributed by atoms with Crippen molar-refractivity contribution in [3.8, 4) is 0 Å². The van der Waals surface area contributed by atoms with Crippen molar-refractivity contribution in [2.45, 2.75) is 153 Å². The van der Waals surface area contributed by atoms with E-state index in [4.69, 9.17) is 0 Å². The molecule has 0 saturated carbocycles. The van der Waals surface area contributed by atoms with Gasteiger partial charge in [0, 0.05) is 0 Å². The third kappa shape index (κ3) is 33.0. The van der Waals surface area contributed by atoms with Crippen LogP contribution >= 0.6 is 0 Å². The van der Waals surface area contributed by atoms with Gasteiger partial charge in [0.15, 0.2) is 0 Å². The Morgan fingerprint density at radius 1 is 0.303 bits per heavy atom. The second-order valence-corrected chi connectivity index (χ2v) is 25.7. The Balaban J connectivity index is -0.000000529. The fourth-order valence-electron chi connectivity index (χ4n) is 3.71. The average Bonchev–Trinajstić information content (AvgIpc) is 2.66. The number of rotatable bonds is 18. The molecule has 0 aliphatic rings. The standard InChI is InChI=1S/2C15H33Ge.H2O/c2*1-13(2)7-10-16(11-8-14(3)4)12-9-15(5)6;/h2*13-15H,7-12H2,1-6H3;1H2. The molecule has 2 N–H and O–H groups in total. The van der Waals surface area contributed by atoms with Crippen LogP contribution in [0.15, 0.2) is 0 Å². The molecule has 33 heavy (non-hydrogen) atoms. The fourth-order valence-corrected chi connectivity index (χ4v) is 19.3. The molecule has 0 bridgehead atoms. The average molecular weight is 590 g/mol. The molecule has 0 aromatic rings. The van der Waals surface area contributed by atoms with Gasteiger partial charge in [-0.3, -0.25) is 0 Å². The molecule has 3 heteroatoms. The minimum absolute atomic E-state index is 0. The minimum atomic E-state index is -0.681. The zero-order valence-electron chi connectivity index (χ0n) is 25.4. The van der Waals surface area contributed by atoms with E-state index in [1.54, 1.807) is 31.5 Å². The van der Waals surface area contributed by atoms with Crippen LogP contribution in [0, 0.1) is 35.5 Å². The van der Waals surface area contributed by atoms with Crippen molar-refractivity contribution >= 4 is 28.7 Å². The maximum absolute atomic E-state index is 2.38. The maximum Gasteiger partial charge on any atom is -0.412 e. The SMILES string of the molecule is CC(C)C[CH2][Ge]([CH2]CC(C)C)[CH2]CC(C)C.CC(C)C[CH2][Ge]([CH2]CC(C)C)[CH2]CC(C)C.O. The van der Waals surface area contributed by atoms with Gasteiger partial charge in [-0.15, -0.1) is 0 Å². The van der Waals surface area contributed by atoms with Crippen LogP contribution in [-0.4, -0.2) is 34.2 Å². The first-order chi connectivity index (χ1) is 14.8. The molecule has 0 atom stereocenters. The Bertz CT molecular complexity index is 284. The van der Waals surface area contributed by atoms with E-state index in [0.29, 0.717) is 0 Å². The summed E-state index contributed by atoms with van der Waals surface area (Å²) in [7, 11) is 0. The Hall–Kier alpha value is 1.05. The van der Waals surface area contributed by atoms with Crippen molar-refractivity contribution in [2.75, 3.05) is 0 Å². The van der Waals surface area contributed by atoms with Crippen LogP contribution in [0.3, 0.4) is 0 Å². The Kier molecular flexibility index (Phi) is 28.9. The molecule has 0 saturated heterocycles. The maximum atomic E-state index is 2.38. The van der Waals surface area contributed by atoms with Crippen molar-refractivity contribution in [3.63, 3.8) is 0 Å². The molecule has 2 radical (unpaired) electrons. The number of hydrogen-bond donors (Lipinski definition) is 0. The fraction of sp³-hybridized carbons (Fsp3) is 1.00. The molecule has 0 aliphatic carbocycles. The summed E-state index contributed by atoms with van der Waals surface area (Å²) >= 11 is -1.36. The van der Waals surface area contributed by atoms with Gasteiger partial charge >= 0.3 is 217 Å². The smallest absolute Gasteiger partial charge is 0.412 e. The van der Waals surface area contributed by atoms with Crippen LogP contribution in [-0.2, 0) is 0 Å². The van der Waals surface area contributed by atoms with Crippen LogP contribution in [0.4, 0.5) is 0 Å². The van der Waals surface area contributed by atoms with Gasteiger partial charge in [0.2, 0.25) is 0 Å². The molecular formula is C30H68Ge2O. The molecule has 0 heterocycles. The van der Waals surface area contributed by atoms with E-state index < -0.39 is 28.7 Å². The van der Waals surface area contributed by atoms with E-state index in [9.17, 15) is 0 Å². The van der Waals surface area contributed by atoms with Gasteiger partial charge in [-0.2, -0.15) is 0 Å². The van der Waals surface area contributed by atoms with E-state index in [-0.39, 0.29) is 5.48 Å². The molecule has 0 unspecified atom stereocenters. The Labute approximate surface area is 222 Å². The summed E-state index contributed by atoms with van der Waals surface area (Å²) in [5, 5.41) is 9.73. The number of hydrogen-bond acceptors (Lipinski definition) is 0. The summed E-state index contributed by atoms with van der Waals surface area (Å²) in [6, 6.07) is 0. The molecule has 0 aromatic heterocycles. The van der Waals surface area contributed by atoms with Gasteiger partial charge in [-0.05, 0) is 0 Å². The predicted molar refractivity (Wildman–Crippen MR) is 161 cm³/mol. The van der Waals surface area contributed by atoms with Gasteiger partial charge in [0.05, 0.1) is 0 Å². The van der Waals surface area contributed by atoms with Crippen LogP contribution in [0.5, 0.6) is 0 Å². The zero-order chi connectivity index (χ0) is 25.1. The molecule has 0 rings (SSSR count). The summed E-state index contributed by atoms with van der Waals surface area (Å²) in [4.78, 5) is 0. The molecule has 0 fully saturated rings. The zero-order valence-corrected chi connectivity index (χ0v) is 29.6. The second kappa shape index (κ2) is 24.7. The van der Waals surface area contributed by atoms with E-state index in [1.165, 1.54) is 38.5 Å². The largest absolute Gasteiger partial charge is 0.412 e. The Morgan fingerprint density at radius 2 is 0.424 bits per heavy atom.